The Hall–Kier alpha value is -4.98. The third kappa shape index (κ3) is 6.91. The van der Waals surface area contributed by atoms with Crippen molar-refractivity contribution in [2.75, 3.05) is 5.32 Å². The third-order valence-electron chi connectivity index (χ3n) is 6.24. The summed E-state index contributed by atoms with van der Waals surface area (Å²) in [6.07, 6.45) is 1.83. The number of carbonyl (C=O) groups excluding carboxylic acids is 2. The first-order valence-electron chi connectivity index (χ1n) is 12.9. The molecule has 1 amide bonds. The van der Waals surface area contributed by atoms with Crippen molar-refractivity contribution in [2.45, 2.75) is 38.7 Å². The Morgan fingerprint density at radius 3 is 2.15 bits per heavy atom. The number of ether oxygens (including phenoxy) is 1. The van der Waals surface area contributed by atoms with Crippen molar-refractivity contribution in [1.82, 2.24) is 4.98 Å². The first kappa shape index (κ1) is 28.0. The number of esters is 1. The van der Waals surface area contributed by atoms with Crippen LogP contribution in [-0.2, 0) is 16.0 Å². The number of pyridine rings is 1. The van der Waals surface area contributed by atoms with Gasteiger partial charge in [0, 0.05) is 23.0 Å². The number of hydrogen-bond acceptors (Lipinski definition) is 5. The van der Waals surface area contributed by atoms with Crippen molar-refractivity contribution in [3.05, 3.63) is 124 Å². The number of anilines is 1. The lowest BCUT2D eigenvalue weighted by Crippen LogP contribution is -2.29. The van der Waals surface area contributed by atoms with Crippen LogP contribution in [0.2, 0.25) is 0 Å². The van der Waals surface area contributed by atoms with Gasteiger partial charge in [0.1, 0.15) is 11.4 Å². The van der Waals surface area contributed by atoms with E-state index in [-0.39, 0.29) is 23.7 Å². The smallest absolute Gasteiger partial charge is 0.338 e. The predicted molar refractivity (Wildman–Crippen MR) is 157 cm³/mol. The van der Waals surface area contributed by atoms with Gasteiger partial charge in [0.05, 0.1) is 11.5 Å². The summed E-state index contributed by atoms with van der Waals surface area (Å²) in [5.74, 6) is -1.71. The number of H-pyrrole nitrogens is 1. The van der Waals surface area contributed by atoms with Crippen molar-refractivity contribution in [3.8, 4) is 11.1 Å². The largest absolute Gasteiger partial charge is 0.456 e. The minimum Gasteiger partial charge on any atom is -0.456 e. The van der Waals surface area contributed by atoms with E-state index in [0.29, 0.717) is 27.9 Å². The zero-order valence-electron chi connectivity index (χ0n) is 22.7. The fourth-order valence-corrected chi connectivity index (χ4v) is 4.35. The minimum atomic E-state index is -0.833. The Balaban J connectivity index is 1.69. The summed E-state index contributed by atoms with van der Waals surface area (Å²) in [4.78, 5) is 42.2. The van der Waals surface area contributed by atoms with Crippen molar-refractivity contribution in [2.24, 2.45) is 5.73 Å². The molecule has 0 fully saturated rings. The molecule has 204 valence electrons. The molecule has 0 aliphatic carbocycles. The van der Waals surface area contributed by atoms with Crippen LogP contribution >= 0.6 is 0 Å². The van der Waals surface area contributed by atoms with Gasteiger partial charge in [0.15, 0.2) is 0 Å². The summed E-state index contributed by atoms with van der Waals surface area (Å²) >= 11 is 0. The van der Waals surface area contributed by atoms with Gasteiger partial charge >= 0.3 is 5.97 Å². The molecule has 1 unspecified atom stereocenters. The summed E-state index contributed by atoms with van der Waals surface area (Å²) in [7, 11) is 0. The molecule has 8 nitrogen and oxygen atoms in total. The highest BCUT2D eigenvalue weighted by molar-refractivity contribution is 5.98. The Morgan fingerprint density at radius 2 is 1.55 bits per heavy atom. The molecule has 3 aromatic carbocycles. The quantitative estimate of drug-likeness (QED) is 0.138. The lowest BCUT2D eigenvalue weighted by molar-refractivity contribution is -0.117. The molecule has 5 N–H and O–H groups in total. The van der Waals surface area contributed by atoms with Crippen LogP contribution in [0, 0.1) is 5.41 Å². The number of aromatic nitrogens is 1. The van der Waals surface area contributed by atoms with Crippen LogP contribution < -0.4 is 16.6 Å². The number of nitrogens with one attached hydrogen (secondary N) is 3. The molecule has 0 aliphatic heterocycles. The van der Waals surface area contributed by atoms with E-state index >= 15 is 0 Å². The number of nitrogens with two attached hydrogens (primary N) is 1. The molecular formula is C32H32N4O4. The van der Waals surface area contributed by atoms with Gasteiger partial charge in [-0.15, -0.1) is 0 Å². The van der Waals surface area contributed by atoms with Crippen molar-refractivity contribution >= 4 is 23.4 Å². The van der Waals surface area contributed by atoms with Gasteiger partial charge in [-0.05, 0) is 74.2 Å². The fraction of sp³-hybridized carbons (Fsp3) is 0.188. The third-order valence-corrected chi connectivity index (χ3v) is 6.24. The Bertz CT molecular complexity index is 1570. The zero-order chi connectivity index (χ0) is 28.9. The summed E-state index contributed by atoms with van der Waals surface area (Å²) in [5, 5.41) is 10.6. The highest BCUT2D eigenvalue weighted by Crippen LogP contribution is 2.30. The molecule has 4 aromatic rings. The van der Waals surface area contributed by atoms with Gasteiger partial charge < -0.3 is 20.8 Å². The molecule has 0 aliphatic rings. The molecule has 40 heavy (non-hydrogen) atoms. The highest BCUT2D eigenvalue weighted by Gasteiger charge is 2.28. The summed E-state index contributed by atoms with van der Waals surface area (Å²) in [6.45, 7) is 5.39. The molecule has 8 heteroatoms. The van der Waals surface area contributed by atoms with Gasteiger partial charge in [0.25, 0.3) is 5.56 Å². The molecule has 0 saturated heterocycles. The zero-order valence-corrected chi connectivity index (χ0v) is 22.7. The van der Waals surface area contributed by atoms with Crippen LogP contribution in [0.25, 0.3) is 11.1 Å². The standard InChI is InChI=1S/C32H32N4O4/c1-32(2,3)40-31(39)23-13-15-24(16-14-23)36-29(37)26(19-20-7-5-4-6-8-20)27-25(17-18-35-30(27)38)21-9-11-22(12-10-21)28(33)34/h4-18,26H,19H2,1-3H3,(H3,33,34)(H,35,38)(H,36,37). The number of amides is 1. The average Bonchev–Trinajstić information content (AvgIpc) is 2.92. The van der Waals surface area contributed by atoms with Crippen LogP contribution in [-0.4, -0.2) is 28.3 Å². The second-order valence-electron chi connectivity index (χ2n) is 10.4. The SMILES string of the molecule is CC(C)(C)OC(=O)c1ccc(NC(=O)C(Cc2ccccc2)c2c(-c3ccc(C(=N)N)cc3)cc[nH]c2=O)cc1. The molecule has 0 bridgehead atoms. The molecule has 0 radical (unpaired) electrons. The van der Waals surface area contributed by atoms with E-state index in [0.717, 1.165) is 11.1 Å². The number of nitrogen functional groups attached to an aromatic ring is 1. The number of amidine groups is 1. The number of aromatic amines is 1. The maximum absolute atomic E-state index is 13.8. The maximum atomic E-state index is 13.8. The van der Waals surface area contributed by atoms with Crippen molar-refractivity contribution in [3.63, 3.8) is 0 Å². The molecule has 0 spiro atoms. The first-order chi connectivity index (χ1) is 19.0. The van der Waals surface area contributed by atoms with E-state index in [4.69, 9.17) is 15.9 Å². The van der Waals surface area contributed by atoms with Crippen LogP contribution in [0.3, 0.4) is 0 Å². The Kier molecular flexibility index (Phi) is 8.29. The van der Waals surface area contributed by atoms with E-state index in [1.807, 2.05) is 30.3 Å². The van der Waals surface area contributed by atoms with Gasteiger partial charge in [-0.1, -0.05) is 54.6 Å². The lowest BCUT2D eigenvalue weighted by atomic mass is 9.86. The van der Waals surface area contributed by atoms with Gasteiger partial charge in [-0.2, -0.15) is 0 Å². The number of benzene rings is 3. The Labute approximate surface area is 232 Å². The molecule has 4 rings (SSSR count). The van der Waals surface area contributed by atoms with Crippen LogP contribution in [0.15, 0.2) is 95.9 Å². The van der Waals surface area contributed by atoms with E-state index in [1.54, 1.807) is 81.6 Å². The van der Waals surface area contributed by atoms with Crippen LogP contribution in [0.1, 0.15) is 53.7 Å². The number of carbonyl (C=O) groups is 2. The Morgan fingerprint density at radius 1 is 0.925 bits per heavy atom. The van der Waals surface area contributed by atoms with Crippen LogP contribution in [0.4, 0.5) is 5.69 Å². The highest BCUT2D eigenvalue weighted by atomic mass is 16.6. The topological polar surface area (TPSA) is 138 Å². The van der Waals surface area contributed by atoms with Gasteiger partial charge in [-0.3, -0.25) is 15.0 Å². The molecule has 1 aromatic heterocycles. The van der Waals surface area contributed by atoms with Crippen LogP contribution in [0.5, 0.6) is 0 Å². The monoisotopic (exact) mass is 536 g/mol. The fourth-order valence-electron chi connectivity index (χ4n) is 4.35. The molecule has 1 atom stereocenters. The first-order valence-corrected chi connectivity index (χ1v) is 12.9. The van der Waals surface area contributed by atoms with E-state index in [9.17, 15) is 14.4 Å². The molecule has 1 heterocycles. The normalized spacial score (nSPS) is 11.9. The average molecular weight is 537 g/mol. The van der Waals surface area contributed by atoms with E-state index in [2.05, 4.69) is 10.3 Å². The van der Waals surface area contributed by atoms with Crippen molar-refractivity contribution in [1.29, 1.82) is 5.41 Å². The molecule has 0 saturated carbocycles. The summed E-state index contributed by atoms with van der Waals surface area (Å²) in [6, 6.07) is 24.7. The predicted octanol–water partition coefficient (Wildman–Crippen LogP) is 5.25. The summed E-state index contributed by atoms with van der Waals surface area (Å²) in [5.41, 5.74) is 8.56. The second-order valence-corrected chi connectivity index (χ2v) is 10.4. The number of rotatable bonds is 8. The second kappa shape index (κ2) is 11.8. The minimum absolute atomic E-state index is 0.0586. The molecular weight excluding hydrogens is 504 g/mol. The van der Waals surface area contributed by atoms with Gasteiger partial charge in [-0.25, -0.2) is 4.79 Å². The van der Waals surface area contributed by atoms with Gasteiger partial charge in [0.2, 0.25) is 5.91 Å². The maximum Gasteiger partial charge on any atom is 0.338 e. The summed E-state index contributed by atoms with van der Waals surface area (Å²) < 4.78 is 5.41. The number of hydrogen-bond donors (Lipinski definition) is 4. The van der Waals surface area contributed by atoms with E-state index < -0.39 is 17.5 Å². The lowest BCUT2D eigenvalue weighted by Gasteiger charge is -2.21. The van der Waals surface area contributed by atoms with E-state index in [1.165, 1.54) is 0 Å². The van der Waals surface area contributed by atoms with Crippen molar-refractivity contribution < 1.29 is 14.3 Å².